The first-order chi connectivity index (χ1) is 16.7. The standard InChI is InChI=1S/C28H27N3O3/c1-3-17-34-21-14-10-13-20(18-21)26-24(27(32)33-4-2)25(19-11-6-5-7-12-19)30-28-29-22-15-8-9-16-23(22)31(26)28/h5-16,18,26H,3-4,17H2,1-2H3,(H,29,30)/t26-/m1/s1. The molecule has 6 nitrogen and oxygen atoms in total. The van der Waals surface area contributed by atoms with Gasteiger partial charge in [-0.15, -0.1) is 0 Å². The van der Waals surface area contributed by atoms with E-state index in [1.807, 2.05) is 85.8 Å². The first-order valence-corrected chi connectivity index (χ1v) is 11.6. The smallest absolute Gasteiger partial charge is 0.338 e. The number of imidazole rings is 1. The van der Waals surface area contributed by atoms with Crippen LogP contribution in [-0.2, 0) is 9.53 Å². The van der Waals surface area contributed by atoms with E-state index < -0.39 is 6.04 Å². The Morgan fingerprint density at radius 3 is 2.59 bits per heavy atom. The lowest BCUT2D eigenvalue weighted by atomic mass is 9.92. The minimum atomic E-state index is -0.442. The number of rotatable bonds is 7. The Kier molecular flexibility index (Phi) is 6.04. The van der Waals surface area contributed by atoms with Gasteiger partial charge in [0.05, 0.1) is 41.6 Å². The number of benzene rings is 3. The van der Waals surface area contributed by atoms with E-state index >= 15 is 0 Å². The first-order valence-electron chi connectivity index (χ1n) is 11.6. The van der Waals surface area contributed by atoms with Crippen LogP contribution in [0.15, 0.2) is 84.4 Å². The lowest BCUT2D eigenvalue weighted by Gasteiger charge is -2.31. The van der Waals surface area contributed by atoms with Gasteiger partial charge in [-0.1, -0.05) is 61.5 Å². The second-order valence-corrected chi connectivity index (χ2v) is 8.12. The van der Waals surface area contributed by atoms with Gasteiger partial charge < -0.3 is 14.8 Å². The van der Waals surface area contributed by atoms with Gasteiger partial charge in [-0.2, -0.15) is 0 Å². The molecular formula is C28H27N3O3. The molecule has 4 aromatic rings. The Bertz CT molecular complexity index is 1360. The first kappa shape index (κ1) is 21.8. The normalized spacial score (nSPS) is 15.1. The molecule has 1 aromatic heterocycles. The fourth-order valence-electron chi connectivity index (χ4n) is 4.40. The Morgan fingerprint density at radius 1 is 1.00 bits per heavy atom. The van der Waals surface area contributed by atoms with Crippen LogP contribution in [0.1, 0.15) is 37.4 Å². The van der Waals surface area contributed by atoms with Gasteiger partial charge in [0.25, 0.3) is 0 Å². The summed E-state index contributed by atoms with van der Waals surface area (Å²) in [6, 6.07) is 25.3. The van der Waals surface area contributed by atoms with Crippen molar-refractivity contribution in [2.24, 2.45) is 0 Å². The molecule has 0 aliphatic carbocycles. The van der Waals surface area contributed by atoms with Crippen LogP contribution in [0.4, 0.5) is 5.95 Å². The average molecular weight is 454 g/mol. The topological polar surface area (TPSA) is 65.4 Å². The van der Waals surface area contributed by atoms with Crippen molar-refractivity contribution in [1.29, 1.82) is 0 Å². The molecule has 34 heavy (non-hydrogen) atoms. The Hall–Kier alpha value is -4.06. The van der Waals surface area contributed by atoms with Gasteiger partial charge in [0.1, 0.15) is 5.75 Å². The van der Waals surface area contributed by atoms with Crippen molar-refractivity contribution in [2.75, 3.05) is 18.5 Å². The molecule has 1 aliphatic heterocycles. The average Bonchev–Trinajstić information content (AvgIpc) is 3.25. The summed E-state index contributed by atoms with van der Waals surface area (Å²) < 4.78 is 13.6. The fraction of sp³-hybridized carbons (Fsp3) is 0.214. The quantitative estimate of drug-likeness (QED) is 0.358. The van der Waals surface area contributed by atoms with Gasteiger partial charge in [0, 0.05) is 0 Å². The zero-order valence-corrected chi connectivity index (χ0v) is 19.3. The second kappa shape index (κ2) is 9.43. The highest BCUT2D eigenvalue weighted by Gasteiger charge is 2.36. The molecule has 0 amide bonds. The minimum absolute atomic E-state index is 0.286. The third-order valence-corrected chi connectivity index (χ3v) is 5.84. The monoisotopic (exact) mass is 453 g/mol. The molecule has 172 valence electrons. The number of para-hydroxylation sites is 2. The van der Waals surface area contributed by atoms with Gasteiger partial charge in [0.15, 0.2) is 0 Å². The molecule has 0 fully saturated rings. The maximum atomic E-state index is 13.5. The zero-order valence-electron chi connectivity index (χ0n) is 19.3. The number of esters is 1. The number of carbonyl (C=O) groups excluding carboxylic acids is 1. The van der Waals surface area contributed by atoms with Gasteiger partial charge in [-0.05, 0) is 48.7 Å². The van der Waals surface area contributed by atoms with Gasteiger partial charge in [0.2, 0.25) is 5.95 Å². The summed E-state index contributed by atoms with van der Waals surface area (Å²) in [5, 5.41) is 3.44. The third-order valence-electron chi connectivity index (χ3n) is 5.84. The summed E-state index contributed by atoms with van der Waals surface area (Å²) in [6.07, 6.45) is 0.917. The molecule has 6 heteroatoms. The fourth-order valence-corrected chi connectivity index (χ4v) is 4.40. The van der Waals surface area contributed by atoms with Crippen molar-refractivity contribution in [3.05, 3.63) is 95.6 Å². The summed E-state index contributed by atoms with van der Waals surface area (Å²) in [5.74, 6) is 1.09. The van der Waals surface area contributed by atoms with Crippen LogP contribution in [0, 0.1) is 0 Å². The lowest BCUT2D eigenvalue weighted by molar-refractivity contribution is -0.138. The van der Waals surface area contributed by atoms with Crippen LogP contribution >= 0.6 is 0 Å². The van der Waals surface area contributed by atoms with E-state index in [4.69, 9.17) is 14.5 Å². The summed E-state index contributed by atoms with van der Waals surface area (Å²) >= 11 is 0. The Labute approximate surface area is 198 Å². The van der Waals surface area contributed by atoms with Crippen LogP contribution in [0.2, 0.25) is 0 Å². The van der Waals surface area contributed by atoms with Crippen LogP contribution in [0.5, 0.6) is 5.75 Å². The number of fused-ring (bicyclic) bond motifs is 3. The summed E-state index contributed by atoms with van der Waals surface area (Å²) in [4.78, 5) is 18.4. The SMILES string of the molecule is CCCOc1cccc([C@@H]2C(C(=O)OCC)=C(c3ccccc3)Nc3nc4ccccc4n32)c1. The number of aromatic nitrogens is 2. The summed E-state index contributed by atoms with van der Waals surface area (Å²) in [5.41, 5.74) is 4.85. The van der Waals surface area contributed by atoms with Gasteiger partial charge in [-0.25, -0.2) is 9.78 Å². The molecule has 3 aromatic carbocycles. The molecule has 2 heterocycles. The Morgan fingerprint density at radius 2 is 1.79 bits per heavy atom. The highest BCUT2D eigenvalue weighted by atomic mass is 16.5. The molecule has 1 N–H and O–H groups in total. The number of ether oxygens (including phenoxy) is 2. The lowest BCUT2D eigenvalue weighted by Crippen LogP contribution is -2.29. The van der Waals surface area contributed by atoms with Crippen LogP contribution in [-0.4, -0.2) is 28.7 Å². The second-order valence-electron chi connectivity index (χ2n) is 8.12. The van der Waals surface area contributed by atoms with E-state index in [0.29, 0.717) is 23.8 Å². The van der Waals surface area contributed by atoms with Crippen molar-refractivity contribution in [3.8, 4) is 5.75 Å². The van der Waals surface area contributed by atoms with Crippen molar-refractivity contribution in [3.63, 3.8) is 0 Å². The van der Waals surface area contributed by atoms with Crippen LogP contribution in [0.25, 0.3) is 16.7 Å². The number of hydrogen-bond acceptors (Lipinski definition) is 5. The highest BCUT2D eigenvalue weighted by Crippen LogP contribution is 2.42. The van der Waals surface area contributed by atoms with Crippen molar-refractivity contribution in [1.82, 2.24) is 9.55 Å². The minimum Gasteiger partial charge on any atom is -0.494 e. The van der Waals surface area contributed by atoms with Crippen molar-refractivity contribution >= 4 is 28.6 Å². The number of anilines is 1. The number of hydrogen-bond donors (Lipinski definition) is 1. The van der Waals surface area contributed by atoms with E-state index in [2.05, 4.69) is 16.8 Å². The Balaban J connectivity index is 1.78. The van der Waals surface area contributed by atoms with Gasteiger partial charge in [-0.3, -0.25) is 4.57 Å². The zero-order chi connectivity index (χ0) is 23.5. The number of nitrogens with one attached hydrogen (secondary N) is 1. The predicted molar refractivity (Wildman–Crippen MR) is 134 cm³/mol. The molecule has 0 saturated carbocycles. The van der Waals surface area contributed by atoms with E-state index in [-0.39, 0.29) is 12.6 Å². The third kappa shape index (κ3) is 3.92. The molecule has 0 radical (unpaired) electrons. The summed E-state index contributed by atoms with van der Waals surface area (Å²) in [6.45, 7) is 4.82. The van der Waals surface area contributed by atoms with Crippen molar-refractivity contribution in [2.45, 2.75) is 26.3 Å². The van der Waals surface area contributed by atoms with Gasteiger partial charge >= 0.3 is 5.97 Å². The molecule has 0 saturated heterocycles. The van der Waals surface area contributed by atoms with E-state index in [1.165, 1.54) is 0 Å². The van der Waals surface area contributed by atoms with Crippen LogP contribution in [0.3, 0.4) is 0 Å². The summed E-state index contributed by atoms with van der Waals surface area (Å²) in [7, 11) is 0. The largest absolute Gasteiger partial charge is 0.494 e. The molecule has 0 bridgehead atoms. The molecule has 0 spiro atoms. The molecule has 5 rings (SSSR count). The molecule has 1 aliphatic rings. The van der Waals surface area contributed by atoms with E-state index in [9.17, 15) is 4.79 Å². The van der Waals surface area contributed by atoms with E-state index in [0.717, 1.165) is 34.3 Å². The molecule has 0 unspecified atom stereocenters. The highest BCUT2D eigenvalue weighted by molar-refractivity contribution is 6.03. The maximum Gasteiger partial charge on any atom is 0.338 e. The maximum absolute atomic E-state index is 13.5. The van der Waals surface area contributed by atoms with E-state index in [1.54, 1.807) is 0 Å². The van der Waals surface area contributed by atoms with Crippen molar-refractivity contribution < 1.29 is 14.3 Å². The predicted octanol–water partition coefficient (Wildman–Crippen LogP) is 5.81. The number of nitrogens with zero attached hydrogens (tertiary/aromatic N) is 2. The number of carbonyl (C=O) groups is 1. The van der Waals surface area contributed by atoms with Crippen LogP contribution < -0.4 is 10.1 Å². The molecular weight excluding hydrogens is 426 g/mol. The molecule has 1 atom stereocenters.